The van der Waals surface area contributed by atoms with Gasteiger partial charge in [-0.3, -0.25) is 10.1 Å². The van der Waals surface area contributed by atoms with Gasteiger partial charge < -0.3 is 4.84 Å². The molecule has 1 aromatic heterocycles. The summed E-state index contributed by atoms with van der Waals surface area (Å²) in [5.74, 6) is 0. The van der Waals surface area contributed by atoms with E-state index in [1.54, 1.807) is 18.0 Å². The van der Waals surface area contributed by atoms with E-state index in [9.17, 15) is 10.1 Å². The van der Waals surface area contributed by atoms with Crippen LogP contribution in [0.4, 0.5) is 0 Å². The Morgan fingerprint density at radius 2 is 2.19 bits per heavy atom. The maximum absolute atomic E-state index is 10.3. The molecule has 0 fully saturated rings. The van der Waals surface area contributed by atoms with Gasteiger partial charge in [0.1, 0.15) is 7.11 Å². The Labute approximate surface area is 91.7 Å². The van der Waals surface area contributed by atoms with E-state index < -0.39 is 4.92 Å². The average molecular weight is 218 g/mol. The van der Waals surface area contributed by atoms with E-state index in [0.717, 1.165) is 22.7 Å². The van der Waals surface area contributed by atoms with Crippen molar-refractivity contribution in [2.45, 2.75) is 0 Å². The van der Waals surface area contributed by atoms with Crippen molar-refractivity contribution in [1.29, 1.82) is 0 Å². The zero-order valence-corrected chi connectivity index (χ0v) is 8.66. The molecule has 0 aliphatic heterocycles. The van der Waals surface area contributed by atoms with Crippen LogP contribution in [0, 0.1) is 10.1 Å². The Kier molecular flexibility index (Phi) is 2.59. The molecule has 0 saturated carbocycles. The molecule has 0 bridgehead atoms. The Bertz CT molecular complexity index is 557. The number of hydrogen-bond acceptors (Lipinski definition) is 3. The maximum Gasteiger partial charge on any atom is 0.235 e. The summed E-state index contributed by atoms with van der Waals surface area (Å²) < 4.78 is 1.58. The lowest BCUT2D eigenvalue weighted by molar-refractivity contribution is -0.400. The summed E-state index contributed by atoms with van der Waals surface area (Å²) in [6, 6.07) is 7.55. The quantitative estimate of drug-likeness (QED) is 0.584. The van der Waals surface area contributed by atoms with Gasteiger partial charge in [-0.2, -0.15) is 4.73 Å². The van der Waals surface area contributed by atoms with Gasteiger partial charge in [-0.25, -0.2) is 0 Å². The van der Waals surface area contributed by atoms with Gasteiger partial charge in [-0.15, -0.1) is 0 Å². The molecule has 5 nitrogen and oxygen atoms in total. The molecule has 0 spiro atoms. The van der Waals surface area contributed by atoms with E-state index in [4.69, 9.17) is 4.84 Å². The first-order valence-corrected chi connectivity index (χ1v) is 4.68. The van der Waals surface area contributed by atoms with Crippen LogP contribution in [-0.2, 0) is 0 Å². The minimum Gasteiger partial charge on any atom is -0.417 e. The normalized spacial score (nSPS) is 11.1. The Morgan fingerprint density at radius 3 is 2.88 bits per heavy atom. The fourth-order valence-corrected chi connectivity index (χ4v) is 1.60. The highest BCUT2D eigenvalue weighted by Gasteiger charge is 2.06. The second-order valence-electron chi connectivity index (χ2n) is 3.21. The van der Waals surface area contributed by atoms with Gasteiger partial charge in [0.25, 0.3) is 0 Å². The third-order valence-corrected chi connectivity index (χ3v) is 2.28. The predicted octanol–water partition coefficient (Wildman–Crippen LogP) is 1.95. The lowest BCUT2D eigenvalue weighted by atomic mass is 10.2. The number of rotatable bonds is 3. The molecular weight excluding hydrogens is 208 g/mol. The fourth-order valence-electron chi connectivity index (χ4n) is 1.60. The molecule has 82 valence electrons. The van der Waals surface area contributed by atoms with Crippen LogP contribution < -0.4 is 4.84 Å². The molecule has 0 saturated heterocycles. The van der Waals surface area contributed by atoms with Crippen LogP contribution in [-0.4, -0.2) is 16.8 Å². The smallest absolute Gasteiger partial charge is 0.235 e. The van der Waals surface area contributed by atoms with Crippen molar-refractivity contribution in [2.75, 3.05) is 7.11 Å². The molecule has 0 aliphatic rings. The van der Waals surface area contributed by atoms with Crippen LogP contribution in [0.1, 0.15) is 5.56 Å². The van der Waals surface area contributed by atoms with E-state index in [1.807, 2.05) is 24.3 Å². The van der Waals surface area contributed by atoms with Crippen molar-refractivity contribution >= 4 is 17.0 Å². The van der Waals surface area contributed by atoms with E-state index in [-0.39, 0.29) is 0 Å². The first-order chi connectivity index (χ1) is 7.72. The van der Waals surface area contributed by atoms with Crippen LogP contribution in [0.5, 0.6) is 0 Å². The van der Waals surface area contributed by atoms with Gasteiger partial charge in [0.05, 0.1) is 16.6 Å². The molecule has 2 rings (SSSR count). The number of para-hydroxylation sites is 1. The molecule has 2 aromatic rings. The molecule has 0 radical (unpaired) electrons. The van der Waals surface area contributed by atoms with Crippen molar-refractivity contribution in [1.82, 2.24) is 4.73 Å². The number of nitro groups is 1. The Hall–Kier alpha value is -2.30. The maximum atomic E-state index is 10.3. The van der Waals surface area contributed by atoms with Crippen molar-refractivity contribution < 1.29 is 9.76 Å². The van der Waals surface area contributed by atoms with E-state index >= 15 is 0 Å². The van der Waals surface area contributed by atoms with Gasteiger partial charge >= 0.3 is 0 Å². The summed E-state index contributed by atoms with van der Waals surface area (Å²) in [4.78, 5) is 14.9. The zero-order chi connectivity index (χ0) is 11.5. The number of nitrogens with zero attached hydrogens (tertiary/aromatic N) is 2. The van der Waals surface area contributed by atoms with E-state index in [1.165, 1.54) is 6.08 Å². The van der Waals surface area contributed by atoms with Gasteiger partial charge in [0.2, 0.25) is 6.20 Å². The summed E-state index contributed by atoms with van der Waals surface area (Å²) in [7, 11) is 1.55. The molecule has 0 unspecified atom stereocenters. The predicted molar refractivity (Wildman–Crippen MR) is 60.5 cm³/mol. The molecule has 5 heteroatoms. The summed E-state index contributed by atoms with van der Waals surface area (Å²) in [6.45, 7) is 0. The number of aromatic nitrogens is 1. The van der Waals surface area contributed by atoms with Gasteiger partial charge in [0, 0.05) is 17.0 Å². The Balaban J connectivity index is 2.57. The lowest BCUT2D eigenvalue weighted by Crippen LogP contribution is -2.02. The minimum atomic E-state index is -0.487. The van der Waals surface area contributed by atoms with E-state index in [2.05, 4.69) is 0 Å². The Morgan fingerprint density at radius 1 is 1.44 bits per heavy atom. The SMILES string of the molecule is COn1cc(/C=C/[N+](=O)[O-])c2ccccc21. The molecular formula is C11H10N2O3. The summed E-state index contributed by atoms with van der Waals surface area (Å²) in [6.07, 6.45) is 4.09. The largest absolute Gasteiger partial charge is 0.417 e. The highest BCUT2D eigenvalue weighted by molar-refractivity contribution is 5.89. The van der Waals surface area contributed by atoms with Crippen molar-refractivity contribution in [3.63, 3.8) is 0 Å². The van der Waals surface area contributed by atoms with Crippen molar-refractivity contribution in [3.8, 4) is 0 Å². The second kappa shape index (κ2) is 4.06. The molecule has 1 heterocycles. The summed E-state index contributed by atoms with van der Waals surface area (Å²) >= 11 is 0. The van der Waals surface area contributed by atoms with E-state index in [0.29, 0.717) is 0 Å². The monoisotopic (exact) mass is 218 g/mol. The molecule has 0 aliphatic carbocycles. The molecule has 16 heavy (non-hydrogen) atoms. The highest BCUT2D eigenvalue weighted by atomic mass is 16.6. The third-order valence-electron chi connectivity index (χ3n) is 2.28. The zero-order valence-electron chi connectivity index (χ0n) is 8.66. The fraction of sp³-hybridized carbons (Fsp3) is 0.0909. The van der Waals surface area contributed by atoms with Crippen molar-refractivity contribution in [3.05, 3.63) is 52.3 Å². The highest BCUT2D eigenvalue weighted by Crippen LogP contribution is 2.21. The molecule has 1 aromatic carbocycles. The second-order valence-corrected chi connectivity index (χ2v) is 3.21. The standard InChI is InChI=1S/C11H10N2O3/c1-16-12-8-9(6-7-13(14)15)10-4-2-3-5-11(10)12/h2-8H,1H3/b7-6+. The average Bonchev–Trinajstić information content (AvgIpc) is 2.65. The van der Waals surface area contributed by atoms with Crippen LogP contribution >= 0.6 is 0 Å². The van der Waals surface area contributed by atoms with Gasteiger partial charge in [-0.1, -0.05) is 18.2 Å². The number of fused-ring (bicyclic) bond motifs is 1. The molecule has 0 amide bonds. The van der Waals surface area contributed by atoms with Gasteiger partial charge in [-0.05, 0) is 6.07 Å². The summed E-state index contributed by atoms with van der Waals surface area (Å²) in [5.41, 5.74) is 1.64. The van der Waals surface area contributed by atoms with Crippen molar-refractivity contribution in [2.24, 2.45) is 0 Å². The van der Waals surface area contributed by atoms with Gasteiger partial charge in [0.15, 0.2) is 0 Å². The van der Waals surface area contributed by atoms with Crippen LogP contribution in [0.2, 0.25) is 0 Å². The van der Waals surface area contributed by atoms with Crippen LogP contribution in [0.25, 0.3) is 17.0 Å². The topological polar surface area (TPSA) is 57.3 Å². The first-order valence-electron chi connectivity index (χ1n) is 4.68. The summed E-state index contributed by atoms with van der Waals surface area (Å²) in [5, 5.41) is 11.2. The number of hydrogen-bond donors (Lipinski definition) is 0. The molecule has 0 atom stereocenters. The first kappa shape index (κ1) is 10.2. The third kappa shape index (κ3) is 1.75. The number of benzene rings is 1. The minimum absolute atomic E-state index is 0.487. The van der Waals surface area contributed by atoms with Crippen LogP contribution in [0.3, 0.4) is 0 Å². The molecule has 0 N–H and O–H groups in total. The lowest BCUT2D eigenvalue weighted by Gasteiger charge is -1.99. The van der Waals surface area contributed by atoms with Crippen LogP contribution in [0.15, 0.2) is 36.7 Å².